The molecule has 6 nitrogen and oxygen atoms in total. The second-order valence-corrected chi connectivity index (χ2v) is 3.41. The van der Waals surface area contributed by atoms with E-state index in [0.29, 0.717) is 17.6 Å². The first-order valence-corrected chi connectivity index (χ1v) is 4.76. The zero-order valence-corrected chi connectivity index (χ0v) is 8.45. The van der Waals surface area contributed by atoms with E-state index >= 15 is 0 Å². The Balaban J connectivity index is 2.13. The number of carbonyl (C=O) groups is 1. The Hall–Kier alpha value is -2.08. The summed E-state index contributed by atoms with van der Waals surface area (Å²) in [6, 6.07) is 5.32. The van der Waals surface area contributed by atoms with Crippen molar-refractivity contribution in [3.8, 4) is 0 Å². The van der Waals surface area contributed by atoms with Gasteiger partial charge >= 0.3 is 5.76 Å². The fraction of sp³-hybridized carbons (Fsp3) is 0.200. The van der Waals surface area contributed by atoms with Gasteiger partial charge in [-0.25, -0.2) is 4.79 Å². The van der Waals surface area contributed by atoms with Crippen LogP contribution in [0.3, 0.4) is 0 Å². The molecule has 1 heterocycles. The molecule has 0 saturated carbocycles. The lowest BCUT2D eigenvalue weighted by Crippen LogP contribution is -2.28. The van der Waals surface area contributed by atoms with E-state index in [1.54, 1.807) is 12.1 Å². The van der Waals surface area contributed by atoms with Gasteiger partial charge in [0.15, 0.2) is 5.58 Å². The largest absolute Gasteiger partial charge is 0.417 e. The van der Waals surface area contributed by atoms with Crippen LogP contribution in [0.5, 0.6) is 0 Å². The summed E-state index contributed by atoms with van der Waals surface area (Å²) in [7, 11) is 0. The molecule has 1 aromatic carbocycles. The third-order valence-electron chi connectivity index (χ3n) is 2.11. The van der Waals surface area contributed by atoms with E-state index in [0.717, 1.165) is 5.56 Å². The smallest absolute Gasteiger partial charge is 0.408 e. The lowest BCUT2D eigenvalue weighted by Gasteiger charge is -2.01. The van der Waals surface area contributed by atoms with E-state index < -0.39 is 11.7 Å². The molecule has 16 heavy (non-hydrogen) atoms. The van der Waals surface area contributed by atoms with E-state index in [4.69, 9.17) is 10.2 Å². The van der Waals surface area contributed by atoms with Crippen LogP contribution in [-0.2, 0) is 11.3 Å². The number of nitrogens with one attached hydrogen (secondary N) is 2. The van der Waals surface area contributed by atoms with Gasteiger partial charge in [0.25, 0.3) is 0 Å². The SMILES string of the molecule is NC(=O)CNCc1ccc2[nH]c(=O)oc2c1. The molecule has 1 aromatic heterocycles. The summed E-state index contributed by atoms with van der Waals surface area (Å²) in [6.45, 7) is 0.614. The summed E-state index contributed by atoms with van der Waals surface area (Å²) < 4.78 is 4.91. The monoisotopic (exact) mass is 221 g/mol. The van der Waals surface area contributed by atoms with Gasteiger partial charge in [-0.15, -0.1) is 0 Å². The van der Waals surface area contributed by atoms with Gasteiger partial charge in [0.2, 0.25) is 5.91 Å². The Bertz CT molecular complexity index is 570. The molecular formula is C10H11N3O3. The molecule has 0 aliphatic carbocycles. The fourth-order valence-electron chi connectivity index (χ4n) is 1.43. The molecule has 0 saturated heterocycles. The molecule has 0 aliphatic heterocycles. The van der Waals surface area contributed by atoms with Crippen LogP contribution in [0.25, 0.3) is 11.1 Å². The first-order chi connectivity index (χ1) is 7.65. The quantitative estimate of drug-likeness (QED) is 0.659. The van der Waals surface area contributed by atoms with Crippen molar-refractivity contribution in [3.63, 3.8) is 0 Å². The molecular weight excluding hydrogens is 210 g/mol. The number of fused-ring (bicyclic) bond motifs is 1. The first kappa shape index (κ1) is 10.4. The molecule has 0 spiro atoms. The number of hydrogen-bond donors (Lipinski definition) is 3. The van der Waals surface area contributed by atoms with Crippen molar-refractivity contribution in [1.82, 2.24) is 10.3 Å². The summed E-state index contributed by atoms with van der Waals surface area (Å²) in [4.78, 5) is 23.9. The van der Waals surface area contributed by atoms with Crippen LogP contribution in [0.2, 0.25) is 0 Å². The summed E-state index contributed by atoms with van der Waals surface area (Å²) in [5.74, 6) is -0.883. The minimum absolute atomic E-state index is 0.120. The van der Waals surface area contributed by atoms with Gasteiger partial charge < -0.3 is 15.5 Å². The number of primary amides is 1. The lowest BCUT2D eigenvalue weighted by atomic mass is 10.2. The lowest BCUT2D eigenvalue weighted by molar-refractivity contribution is -0.117. The summed E-state index contributed by atoms with van der Waals surface area (Å²) >= 11 is 0. The van der Waals surface area contributed by atoms with Gasteiger partial charge in [-0.1, -0.05) is 6.07 Å². The van der Waals surface area contributed by atoms with E-state index in [2.05, 4.69) is 10.3 Å². The minimum atomic E-state index is -0.475. The van der Waals surface area contributed by atoms with Crippen molar-refractivity contribution in [2.45, 2.75) is 6.54 Å². The van der Waals surface area contributed by atoms with Crippen LogP contribution in [0.1, 0.15) is 5.56 Å². The molecule has 84 valence electrons. The number of aromatic amines is 1. The molecule has 6 heteroatoms. The number of nitrogens with two attached hydrogens (primary N) is 1. The molecule has 2 rings (SSSR count). The Morgan fingerprint density at radius 3 is 3.06 bits per heavy atom. The first-order valence-electron chi connectivity index (χ1n) is 4.76. The average Bonchev–Trinajstić information content (AvgIpc) is 2.56. The molecule has 0 atom stereocenters. The summed E-state index contributed by atoms with van der Waals surface area (Å²) in [6.07, 6.45) is 0. The Kier molecular flexibility index (Phi) is 2.74. The van der Waals surface area contributed by atoms with E-state index in [-0.39, 0.29) is 6.54 Å². The Morgan fingerprint density at radius 2 is 2.31 bits per heavy atom. The van der Waals surface area contributed by atoms with Crippen LogP contribution in [-0.4, -0.2) is 17.4 Å². The van der Waals surface area contributed by atoms with Gasteiger partial charge in [0.1, 0.15) is 0 Å². The van der Waals surface area contributed by atoms with Gasteiger partial charge in [0, 0.05) is 6.54 Å². The molecule has 0 aliphatic rings. The van der Waals surface area contributed by atoms with Crippen molar-refractivity contribution < 1.29 is 9.21 Å². The maximum absolute atomic E-state index is 10.9. The van der Waals surface area contributed by atoms with Gasteiger partial charge in [-0.05, 0) is 17.7 Å². The Labute approximate surface area is 90.4 Å². The average molecular weight is 221 g/mol. The number of rotatable bonds is 4. The van der Waals surface area contributed by atoms with Crippen LogP contribution in [0.4, 0.5) is 0 Å². The second-order valence-electron chi connectivity index (χ2n) is 3.41. The van der Waals surface area contributed by atoms with E-state index in [9.17, 15) is 9.59 Å². The summed E-state index contributed by atoms with van der Waals surface area (Å²) in [5.41, 5.74) is 7.06. The van der Waals surface area contributed by atoms with Crippen molar-refractivity contribution in [3.05, 3.63) is 34.3 Å². The second kappa shape index (κ2) is 4.19. The van der Waals surface area contributed by atoms with Crippen molar-refractivity contribution in [2.24, 2.45) is 5.73 Å². The third kappa shape index (κ3) is 2.29. The van der Waals surface area contributed by atoms with Gasteiger partial charge in [0.05, 0.1) is 12.1 Å². The van der Waals surface area contributed by atoms with Gasteiger partial charge in [-0.3, -0.25) is 9.78 Å². The molecule has 2 aromatic rings. The number of carbonyl (C=O) groups excluding carboxylic acids is 1. The van der Waals surface area contributed by atoms with Gasteiger partial charge in [-0.2, -0.15) is 0 Å². The predicted molar refractivity (Wildman–Crippen MR) is 57.7 cm³/mol. The third-order valence-corrected chi connectivity index (χ3v) is 2.11. The molecule has 1 amide bonds. The maximum atomic E-state index is 10.9. The highest BCUT2D eigenvalue weighted by Gasteiger charge is 2.02. The van der Waals surface area contributed by atoms with Crippen LogP contribution < -0.4 is 16.8 Å². The van der Waals surface area contributed by atoms with E-state index in [1.165, 1.54) is 0 Å². The molecule has 4 N–H and O–H groups in total. The number of benzene rings is 1. The zero-order valence-electron chi connectivity index (χ0n) is 8.45. The van der Waals surface area contributed by atoms with Crippen LogP contribution >= 0.6 is 0 Å². The number of amides is 1. The standard InChI is InChI=1S/C10H11N3O3/c11-9(14)5-12-4-6-1-2-7-8(3-6)16-10(15)13-7/h1-3,12H,4-5H2,(H2,11,14)(H,13,15). The highest BCUT2D eigenvalue weighted by atomic mass is 16.4. The number of hydrogen-bond acceptors (Lipinski definition) is 4. The number of H-pyrrole nitrogens is 1. The Morgan fingerprint density at radius 1 is 1.50 bits per heavy atom. The molecule has 0 fully saturated rings. The zero-order chi connectivity index (χ0) is 11.5. The van der Waals surface area contributed by atoms with Crippen molar-refractivity contribution >= 4 is 17.0 Å². The van der Waals surface area contributed by atoms with Crippen LogP contribution in [0.15, 0.2) is 27.4 Å². The van der Waals surface area contributed by atoms with E-state index in [1.807, 2.05) is 6.07 Å². The molecule has 0 radical (unpaired) electrons. The predicted octanol–water partition coefficient (Wildman–Crippen LogP) is -0.304. The normalized spacial score (nSPS) is 10.8. The number of aromatic nitrogens is 1. The fourth-order valence-corrected chi connectivity index (χ4v) is 1.43. The highest BCUT2D eigenvalue weighted by molar-refractivity contribution is 5.76. The number of oxazole rings is 1. The highest BCUT2D eigenvalue weighted by Crippen LogP contribution is 2.11. The topological polar surface area (TPSA) is 101 Å². The maximum Gasteiger partial charge on any atom is 0.417 e. The summed E-state index contributed by atoms with van der Waals surface area (Å²) in [5, 5.41) is 2.87. The van der Waals surface area contributed by atoms with Crippen molar-refractivity contribution in [1.29, 1.82) is 0 Å². The molecule has 0 bridgehead atoms. The molecule has 0 unspecified atom stereocenters. The van der Waals surface area contributed by atoms with Crippen LogP contribution in [0, 0.1) is 0 Å². The minimum Gasteiger partial charge on any atom is -0.408 e. The van der Waals surface area contributed by atoms with Crippen molar-refractivity contribution in [2.75, 3.05) is 6.54 Å².